The summed E-state index contributed by atoms with van der Waals surface area (Å²) in [7, 11) is 0. The first-order valence-corrected chi connectivity index (χ1v) is 10.3. The average Bonchev–Trinajstić information content (AvgIpc) is 2.66. The fourth-order valence-corrected chi connectivity index (χ4v) is 3.88. The molecule has 1 aliphatic rings. The largest absolute Gasteiger partial charge is 0.388 e. The van der Waals surface area contributed by atoms with Crippen molar-refractivity contribution < 1.29 is 47.3 Å². The van der Waals surface area contributed by atoms with Crippen LogP contribution in [0.4, 0.5) is 0 Å². The van der Waals surface area contributed by atoms with Crippen LogP contribution in [0.1, 0.15) is 87.9 Å². The first kappa shape index (κ1) is 25.0. The number of carbonyl (C=O) groups excluding carboxylic acids is 1. The van der Waals surface area contributed by atoms with Gasteiger partial charge in [0.05, 0.1) is 12.7 Å². The number of hydrogen-bond donors (Lipinski definition) is 1. The third kappa shape index (κ3) is 8.05. The molecule has 3 nitrogen and oxygen atoms in total. The molecule has 0 bridgehead atoms. The third-order valence-corrected chi connectivity index (χ3v) is 5.45. The fourth-order valence-electron chi connectivity index (χ4n) is 3.88. The predicted molar refractivity (Wildman–Crippen MR) is 106 cm³/mol. The zero-order chi connectivity index (χ0) is 18.8. The van der Waals surface area contributed by atoms with Crippen LogP contribution in [0.3, 0.4) is 0 Å². The Kier molecular flexibility index (Phi) is 12.9. The van der Waals surface area contributed by atoms with Crippen LogP contribution in [-0.2, 0) is 42.2 Å². The Balaban J connectivity index is 0.00000364. The van der Waals surface area contributed by atoms with Crippen molar-refractivity contribution in [3.63, 3.8) is 0 Å². The number of rotatable bonds is 11. The van der Waals surface area contributed by atoms with Crippen molar-refractivity contribution in [3.8, 4) is 0 Å². The number of aliphatic hydroxyl groups excluding tert-OH is 1. The molecule has 149 valence electrons. The quantitative estimate of drug-likeness (QED) is 0.365. The summed E-state index contributed by atoms with van der Waals surface area (Å²) in [5, 5.41) is 10.3. The molecule has 1 aliphatic carbocycles. The molecule has 0 aromatic heterocycles. The van der Waals surface area contributed by atoms with Crippen molar-refractivity contribution in [2.75, 3.05) is 13.2 Å². The zero-order valence-corrected chi connectivity index (χ0v) is 19.7. The molecular weight excluding hydrogens is 413 g/mol. The SMILES string of the molecule is [CH2-]CCCOCC1CCCC(=O)C1c1ccc(C(O)CCCCC)cc1.[Y]. The predicted octanol–water partition coefficient (Wildman–Crippen LogP) is 5.38. The molecule has 0 saturated heterocycles. The minimum atomic E-state index is -0.403. The van der Waals surface area contributed by atoms with Crippen molar-refractivity contribution in [2.45, 2.75) is 76.7 Å². The van der Waals surface area contributed by atoms with Crippen LogP contribution in [-0.4, -0.2) is 24.1 Å². The van der Waals surface area contributed by atoms with E-state index in [1.165, 1.54) is 0 Å². The van der Waals surface area contributed by atoms with Crippen molar-refractivity contribution in [3.05, 3.63) is 42.3 Å². The summed E-state index contributed by atoms with van der Waals surface area (Å²) >= 11 is 0. The Bertz CT molecular complexity index is 529. The van der Waals surface area contributed by atoms with Gasteiger partial charge in [-0.3, -0.25) is 4.79 Å². The molecule has 1 radical (unpaired) electrons. The minimum Gasteiger partial charge on any atom is -0.388 e. The Morgan fingerprint density at radius 1 is 1.22 bits per heavy atom. The van der Waals surface area contributed by atoms with Crippen molar-refractivity contribution in [2.24, 2.45) is 5.92 Å². The van der Waals surface area contributed by atoms with Gasteiger partial charge in [-0.25, -0.2) is 0 Å². The van der Waals surface area contributed by atoms with Gasteiger partial charge in [-0.1, -0.05) is 56.9 Å². The van der Waals surface area contributed by atoms with E-state index in [0.29, 0.717) is 18.8 Å². The maximum atomic E-state index is 12.6. The van der Waals surface area contributed by atoms with Crippen LogP contribution in [0.2, 0.25) is 0 Å². The monoisotopic (exact) mass is 448 g/mol. The first-order valence-electron chi connectivity index (χ1n) is 10.3. The van der Waals surface area contributed by atoms with Crippen molar-refractivity contribution in [1.82, 2.24) is 0 Å². The van der Waals surface area contributed by atoms with Gasteiger partial charge in [0.2, 0.25) is 0 Å². The van der Waals surface area contributed by atoms with Gasteiger partial charge in [0, 0.05) is 51.7 Å². The summed E-state index contributed by atoms with van der Waals surface area (Å²) in [6.45, 7) is 7.38. The normalized spacial score (nSPS) is 20.9. The van der Waals surface area contributed by atoms with E-state index in [1.807, 2.05) is 24.3 Å². The second-order valence-electron chi connectivity index (χ2n) is 7.56. The van der Waals surface area contributed by atoms with Crippen LogP contribution in [0.5, 0.6) is 0 Å². The molecule has 3 unspecified atom stereocenters. The molecule has 1 saturated carbocycles. The average molecular weight is 448 g/mol. The molecule has 0 spiro atoms. The van der Waals surface area contributed by atoms with Crippen LogP contribution in [0.25, 0.3) is 0 Å². The summed E-state index contributed by atoms with van der Waals surface area (Å²) in [6, 6.07) is 8.06. The number of Topliss-reactive ketones (excluding diaryl/α,β-unsaturated/α-hetero) is 1. The standard InChI is InChI=1S/C23H35O3.Y/c1-3-5-7-10-21(24)18-12-14-19(15-13-18)23-20(9-8-11-22(23)25)17-26-16-6-4-2;/h12-15,20-21,23-24H,2-11,16-17H2,1H3;/q-1;. The molecule has 0 aliphatic heterocycles. The molecule has 0 heterocycles. The topological polar surface area (TPSA) is 46.5 Å². The number of aliphatic hydroxyl groups is 1. The molecule has 0 amide bonds. The van der Waals surface area contributed by atoms with Gasteiger partial charge in [-0.15, -0.1) is 0 Å². The van der Waals surface area contributed by atoms with E-state index in [2.05, 4.69) is 13.8 Å². The Morgan fingerprint density at radius 3 is 2.63 bits per heavy atom. The van der Waals surface area contributed by atoms with Gasteiger partial charge < -0.3 is 16.8 Å². The summed E-state index contributed by atoms with van der Waals surface area (Å²) in [5.74, 6) is 0.537. The van der Waals surface area contributed by atoms with Gasteiger partial charge in [-0.2, -0.15) is 6.42 Å². The van der Waals surface area contributed by atoms with Gasteiger partial charge in [-0.05, 0) is 36.3 Å². The molecular formula is C23H35O3Y-. The van der Waals surface area contributed by atoms with Crippen LogP contribution in [0, 0.1) is 12.8 Å². The summed E-state index contributed by atoms with van der Waals surface area (Å²) in [6.07, 6.45) is 8.29. The molecule has 1 aromatic rings. The molecule has 3 atom stereocenters. The molecule has 1 fully saturated rings. The maximum Gasteiger partial charge on any atom is 0.140 e. The van der Waals surface area contributed by atoms with E-state index in [1.54, 1.807) is 0 Å². The zero-order valence-electron chi connectivity index (χ0n) is 16.9. The van der Waals surface area contributed by atoms with E-state index in [0.717, 1.165) is 69.1 Å². The van der Waals surface area contributed by atoms with Crippen molar-refractivity contribution in [1.29, 1.82) is 0 Å². The van der Waals surface area contributed by atoms with E-state index in [-0.39, 0.29) is 44.5 Å². The van der Waals surface area contributed by atoms with E-state index < -0.39 is 6.10 Å². The number of ketones is 1. The minimum absolute atomic E-state index is 0. The molecule has 4 heteroatoms. The molecule has 1 N–H and O–H groups in total. The van der Waals surface area contributed by atoms with Crippen LogP contribution < -0.4 is 0 Å². The number of unbranched alkanes of at least 4 members (excludes halogenated alkanes) is 3. The fraction of sp³-hybridized carbons (Fsp3) is 0.652. The maximum absolute atomic E-state index is 12.6. The molecule has 1 aromatic carbocycles. The number of benzene rings is 1. The summed E-state index contributed by atoms with van der Waals surface area (Å²) in [5.41, 5.74) is 2.03. The van der Waals surface area contributed by atoms with E-state index in [4.69, 9.17) is 4.74 Å². The third-order valence-electron chi connectivity index (χ3n) is 5.45. The van der Waals surface area contributed by atoms with Crippen LogP contribution >= 0.6 is 0 Å². The van der Waals surface area contributed by atoms with Gasteiger partial charge >= 0.3 is 0 Å². The van der Waals surface area contributed by atoms with Crippen LogP contribution in [0.15, 0.2) is 24.3 Å². The van der Waals surface area contributed by atoms with Gasteiger partial charge in [0.15, 0.2) is 0 Å². The van der Waals surface area contributed by atoms with Gasteiger partial charge in [0.1, 0.15) is 5.78 Å². The summed E-state index contributed by atoms with van der Waals surface area (Å²) in [4.78, 5) is 12.6. The second-order valence-corrected chi connectivity index (χ2v) is 7.56. The molecule has 2 rings (SSSR count). The van der Waals surface area contributed by atoms with E-state index >= 15 is 0 Å². The second kappa shape index (κ2) is 14.0. The number of carbonyl (C=O) groups is 1. The Morgan fingerprint density at radius 2 is 1.96 bits per heavy atom. The first-order chi connectivity index (χ1) is 12.7. The summed E-state index contributed by atoms with van der Waals surface area (Å²) < 4.78 is 5.80. The van der Waals surface area contributed by atoms with Crippen molar-refractivity contribution >= 4 is 5.78 Å². The van der Waals surface area contributed by atoms with Gasteiger partial charge in [0.25, 0.3) is 0 Å². The smallest absolute Gasteiger partial charge is 0.140 e. The van der Waals surface area contributed by atoms with E-state index in [9.17, 15) is 9.90 Å². The Labute approximate surface area is 190 Å². The number of ether oxygens (including phenoxy) is 1. The Hall–Kier alpha value is -0.0861. The molecule has 27 heavy (non-hydrogen) atoms. The number of hydrogen-bond acceptors (Lipinski definition) is 3.